The van der Waals surface area contributed by atoms with Crippen LogP contribution in [-0.4, -0.2) is 19.5 Å². The van der Waals surface area contributed by atoms with Gasteiger partial charge in [0.1, 0.15) is 0 Å². The third-order valence-corrected chi connectivity index (χ3v) is 9.82. The maximum Gasteiger partial charge on any atom is 0.164 e. The molecule has 9 aromatic carbocycles. The summed E-state index contributed by atoms with van der Waals surface area (Å²) in [6, 6.07) is 25.3. The van der Waals surface area contributed by atoms with Gasteiger partial charge >= 0.3 is 0 Å². The number of benzene rings is 9. The van der Waals surface area contributed by atoms with E-state index in [0.717, 1.165) is 21.3 Å². The fourth-order valence-corrected chi connectivity index (χ4v) is 7.35. The predicted molar refractivity (Wildman–Crippen MR) is 228 cm³/mol. The molecule has 11 rings (SSSR count). The highest BCUT2D eigenvalue weighted by Gasteiger charge is 2.22. The number of aromatic nitrogens is 4. The molecule has 256 valence electrons. The molecule has 11 aromatic rings. The van der Waals surface area contributed by atoms with Gasteiger partial charge in [-0.15, -0.1) is 0 Å². The molecule has 0 bridgehead atoms. The predicted octanol–water partition coefficient (Wildman–Crippen LogP) is 13.0. The standard InChI is InChI=1S/C51H32N4/c1-4-14-33(15-5-1)34-26-28-36(29-27-34)50-52-49(35-16-6-2-7-17-35)53-51(54-50)38-19-12-18-37(32-38)40-30-31-45-48-46(40)42-23-11-10-22-41(42)43-24-13-25-44(47(43)48)55(45)39-20-8-3-9-21-39/h1-32H/i3D,8D,9D,10D,11D,13D,20D,21D,22D,23D,24D,25D,30D,31D. The Bertz CT molecular complexity index is 3960. The molecule has 4 heteroatoms. The average Bonchev–Trinajstić information content (AvgIpc) is 3.73. The van der Waals surface area contributed by atoms with E-state index in [-0.39, 0.29) is 54.7 Å². The van der Waals surface area contributed by atoms with Crippen LogP contribution in [0.25, 0.3) is 105 Å². The van der Waals surface area contributed by atoms with Crippen LogP contribution in [0.15, 0.2) is 194 Å². The summed E-state index contributed by atoms with van der Waals surface area (Å²) in [7, 11) is 0. The minimum absolute atomic E-state index is 0.00542. The van der Waals surface area contributed by atoms with Gasteiger partial charge in [0, 0.05) is 38.5 Å². The summed E-state index contributed by atoms with van der Waals surface area (Å²) in [6.07, 6.45) is 0. The SMILES string of the molecule is [2H]c1c([2H])c([2H])c(-n2c3c([2H])c([2H])c([2H])c4c5c([2H])c([2H])c([2H])c([2H])c5c5c(-c6cccc(-c7nc(-c8ccccc8)nc(-c8ccc(-c9ccccc9)cc8)n7)c6)c([2H])c([2H])c2c5c43)c([2H])c1[2H]. The fraction of sp³-hybridized carbons (Fsp3) is 0. The Morgan fingerprint density at radius 2 is 0.891 bits per heavy atom. The Labute approximate surface area is 337 Å². The molecule has 4 nitrogen and oxygen atoms in total. The van der Waals surface area contributed by atoms with Gasteiger partial charge in [0.05, 0.1) is 30.2 Å². The molecule has 0 spiro atoms. The quantitative estimate of drug-likeness (QED) is 0.161. The van der Waals surface area contributed by atoms with Crippen LogP contribution >= 0.6 is 0 Å². The number of rotatable bonds is 6. The first-order valence-corrected chi connectivity index (χ1v) is 17.5. The molecular weight excluding hydrogens is 669 g/mol. The topological polar surface area (TPSA) is 43.6 Å². The zero-order valence-corrected chi connectivity index (χ0v) is 28.7. The van der Waals surface area contributed by atoms with E-state index in [0.29, 0.717) is 28.3 Å². The molecule has 2 aromatic heterocycles. The van der Waals surface area contributed by atoms with Gasteiger partial charge in [-0.05, 0) is 68.6 Å². The van der Waals surface area contributed by atoms with E-state index in [2.05, 4.69) is 0 Å². The van der Waals surface area contributed by atoms with Crippen molar-refractivity contribution in [2.45, 2.75) is 0 Å². The van der Waals surface area contributed by atoms with Crippen LogP contribution in [0.1, 0.15) is 19.2 Å². The van der Waals surface area contributed by atoms with Crippen molar-refractivity contribution in [1.82, 2.24) is 19.5 Å². The van der Waals surface area contributed by atoms with Crippen LogP contribution in [0.3, 0.4) is 0 Å². The molecule has 0 N–H and O–H groups in total. The molecule has 0 atom stereocenters. The smallest absolute Gasteiger partial charge is 0.164 e. The molecule has 2 heterocycles. The van der Waals surface area contributed by atoms with Gasteiger partial charge in [-0.2, -0.15) is 0 Å². The van der Waals surface area contributed by atoms with Gasteiger partial charge in [-0.3, -0.25) is 0 Å². The first-order valence-electron chi connectivity index (χ1n) is 24.5. The third kappa shape index (κ3) is 5.11. The molecule has 0 unspecified atom stereocenters. The van der Waals surface area contributed by atoms with E-state index in [1.807, 2.05) is 84.9 Å². The van der Waals surface area contributed by atoms with Crippen molar-refractivity contribution in [3.05, 3.63) is 194 Å². The second-order valence-corrected chi connectivity index (χ2v) is 13.0. The highest BCUT2D eigenvalue weighted by Crippen LogP contribution is 2.47. The first-order chi connectivity index (χ1) is 33.1. The van der Waals surface area contributed by atoms with Crippen molar-refractivity contribution in [3.63, 3.8) is 0 Å². The molecule has 0 saturated heterocycles. The maximum absolute atomic E-state index is 9.83. The van der Waals surface area contributed by atoms with E-state index >= 15 is 0 Å². The van der Waals surface area contributed by atoms with Crippen molar-refractivity contribution < 1.29 is 19.2 Å². The monoisotopic (exact) mass is 714 g/mol. The van der Waals surface area contributed by atoms with E-state index < -0.39 is 90.3 Å². The van der Waals surface area contributed by atoms with Crippen molar-refractivity contribution in [2.24, 2.45) is 0 Å². The number of hydrogen-bond donors (Lipinski definition) is 0. The van der Waals surface area contributed by atoms with Gasteiger partial charge in [0.2, 0.25) is 0 Å². The fourth-order valence-electron chi connectivity index (χ4n) is 7.35. The van der Waals surface area contributed by atoms with E-state index in [4.69, 9.17) is 25.9 Å². The molecule has 0 aliphatic rings. The minimum atomic E-state index is -0.721. The van der Waals surface area contributed by atoms with Crippen molar-refractivity contribution in [2.75, 3.05) is 0 Å². The van der Waals surface area contributed by atoms with Gasteiger partial charge in [0.25, 0.3) is 0 Å². The molecule has 0 aliphatic carbocycles. The van der Waals surface area contributed by atoms with Crippen molar-refractivity contribution in [1.29, 1.82) is 0 Å². The van der Waals surface area contributed by atoms with E-state index in [9.17, 15) is 8.22 Å². The first kappa shape index (κ1) is 20.1. The van der Waals surface area contributed by atoms with Gasteiger partial charge in [-0.1, -0.05) is 164 Å². The van der Waals surface area contributed by atoms with Gasteiger partial charge in [-0.25, -0.2) is 15.0 Å². The second kappa shape index (κ2) is 12.6. The summed E-state index contributed by atoms with van der Waals surface area (Å²) in [6.45, 7) is 0. The van der Waals surface area contributed by atoms with Crippen LogP contribution in [-0.2, 0) is 0 Å². The molecule has 0 saturated carbocycles. The van der Waals surface area contributed by atoms with Gasteiger partial charge in [0.15, 0.2) is 17.5 Å². The molecular formula is C51H32N4. The largest absolute Gasteiger partial charge is 0.309 e. The zero-order valence-electron chi connectivity index (χ0n) is 42.7. The molecule has 0 fully saturated rings. The number of para-hydroxylation sites is 1. The lowest BCUT2D eigenvalue weighted by Gasteiger charge is -2.14. The summed E-state index contributed by atoms with van der Waals surface area (Å²) >= 11 is 0. The molecule has 0 aliphatic heterocycles. The van der Waals surface area contributed by atoms with Crippen LogP contribution in [0.2, 0.25) is 0 Å². The molecule has 0 radical (unpaired) electrons. The number of hydrogen-bond acceptors (Lipinski definition) is 3. The highest BCUT2D eigenvalue weighted by molar-refractivity contribution is 6.36. The van der Waals surface area contributed by atoms with Crippen molar-refractivity contribution >= 4 is 43.4 Å². The molecule has 0 amide bonds. The van der Waals surface area contributed by atoms with Crippen LogP contribution in [0.4, 0.5) is 0 Å². The lowest BCUT2D eigenvalue weighted by Crippen LogP contribution is -2.00. The third-order valence-electron chi connectivity index (χ3n) is 9.82. The summed E-state index contributed by atoms with van der Waals surface area (Å²) in [5, 5.41) is -0.401. The lowest BCUT2D eigenvalue weighted by molar-refractivity contribution is 1.07. The summed E-state index contributed by atoms with van der Waals surface area (Å²) in [4.78, 5) is 14.8. The van der Waals surface area contributed by atoms with E-state index in [1.54, 1.807) is 24.3 Å². The maximum atomic E-state index is 9.83. The van der Waals surface area contributed by atoms with E-state index in [1.165, 1.54) is 0 Å². The summed E-state index contributed by atoms with van der Waals surface area (Å²) in [5.41, 5.74) is 3.34. The Balaban J connectivity index is 1.25. The van der Waals surface area contributed by atoms with Crippen LogP contribution in [0.5, 0.6) is 0 Å². The highest BCUT2D eigenvalue weighted by atomic mass is 15.0. The lowest BCUT2D eigenvalue weighted by atomic mass is 9.89. The number of fused-ring (bicyclic) bond motifs is 3. The Morgan fingerprint density at radius 1 is 0.364 bits per heavy atom. The normalized spacial score (nSPS) is 15.2. The Kier molecular flexibility index (Phi) is 4.62. The Morgan fingerprint density at radius 3 is 1.64 bits per heavy atom. The Hall–Kier alpha value is -7.43. The van der Waals surface area contributed by atoms with Crippen molar-refractivity contribution in [3.8, 4) is 62.1 Å². The summed E-state index contributed by atoms with van der Waals surface area (Å²) in [5.74, 6) is 1.01. The second-order valence-electron chi connectivity index (χ2n) is 13.0. The van der Waals surface area contributed by atoms with Crippen LogP contribution in [0, 0.1) is 0 Å². The summed E-state index contributed by atoms with van der Waals surface area (Å²) < 4.78 is 128. The molecule has 55 heavy (non-hydrogen) atoms. The van der Waals surface area contributed by atoms with Gasteiger partial charge < -0.3 is 4.57 Å². The zero-order chi connectivity index (χ0) is 48.5. The minimum Gasteiger partial charge on any atom is -0.309 e. The van der Waals surface area contributed by atoms with Crippen LogP contribution < -0.4 is 0 Å². The number of nitrogens with zero attached hydrogens (tertiary/aromatic N) is 4. The average molecular weight is 715 g/mol.